The van der Waals surface area contributed by atoms with Crippen LogP contribution in [0.1, 0.15) is 36.2 Å². The average Bonchev–Trinajstić information content (AvgIpc) is 2.98. The molecule has 88 valence electrons. The van der Waals surface area contributed by atoms with Gasteiger partial charge in [0, 0.05) is 11.3 Å². The number of Topliss-reactive ketones (excluding diaryl/α,β-unsaturated/α-hetero) is 1. The Hall–Kier alpha value is -1.28. The number of rotatable bonds is 2. The van der Waals surface area contributed by atoms with Crippen LogP contribution >= 0.6 is 11.6 Å². The van der Waals surface area contributed by atoms with Crippen molar-refractivity contribution in [3.8, 4) is 0 Å². The number of ketones is 1. The maximum atomic E-state index is 12.2. The molecule has 2 nitrogen and oxygen atoms in total. The fourth-order valence-corrected chi connectivity index (χ4v) is 2.76. The molecule has 0 N–H and O–H groups in total. The van der Waals surface area contributed by atoms with E-state index in [1.165, 1.54) is 0 Å². The lowest BCUT2D eigenvalue weighted by molar-refractivity contribution is 0.0896. The Morgan fingerprint density at radius 3 is 2.76 bits per heavy atom. The maximum absolute atomic E-state index is 12.2. The van der Waals surface area contributed by atoms with E-state index in [1.54, 1.807) is 6.07 Å². The molecule has 3 rings (SSSR count). The van der Waals surface area contributed by atoms with Crippen molar-refractivity contribution in [1.82, 2.24) is 0 Å². The molecule has 0 atom stereocenters. The van der Waals surface area contributed by atoms with E-state index in [-0.39, 0.29) is 11.7 Å². The van der Waals surface area contributed by atoms with Gasteiger partial charge >= 0.3 is 0 Å². The largest absolute Gasteiger partial charge is 0.451 e. The quantitative estimate of drug-likeness (QED) is 0.735. The Balaban J connectivity index is 2.00. The molecule has 0 unspecified atom stereocenters. The predicted molar refractivity (Wildman–Crippen MR) is 67.5 cm³/mol. The number of para-hydroxylation sites is 1. The van der Waals surface area contributed by atoms with E-state index in [1.807, 2.05) is 18.2 Å². The van der Waals surface area contributed by atoms with Crippen molar-refractivity contribution in [3.63, 3.8) is 0 Å². The van der Waals surface area contributed by atoms with Crippen molar-refractivity contribution in [2.45, 2.75) is 25.7 Å². The van der Waals surface area contributed by atoms with Gasteiger partial charge in [0.05, 0.1) is 5.02 Å². The lowest BCUT2D eigenvalue weighted by atomic mass is 10.0. The molecular formula is C14H13ClO2. The minimum absolute atomic E-state index is 0.134. The van der Waals surface area contributed by atoms with E-state index in [4.69, 9.17) is 16.0 Å². The van der Waals surface area contributed by atoms with Crippen LogP contribution in [0.4, 0.5) is 0 Å². The topological polar surface area (TPSA) is 30.2 Å². The number of furan rings is 1. The molecule has 1 saturated carbocycles. The number of carbonyl (C=O) groups excluding carboxylic acids is 1. The molecule has 1 heterocycles. The average molecular weight is 249 g/mol. The maximum Gasteiger partial charge on any atom is 0.201 e. The van der Waals surface area contributed by atoms with Gasteiger partial charge in [0.1, 0.15) is 0 Å². The Morgan fingerprint density at radius 1 is 1.29 bits per heavy atom. The van der Waals surface area contributed by atoms with Gasteiger partial charge in [-0.15, -0.1) is 0 Å². The monoisotopic (exact) mass is 248 g/mol. The van der Waals surface area contributed by atoms with E-state index in [0.717, 1.165) is 31.1 Å². The van der Waals surface area contributed by atoms with Crippen LogP contribution in [0.15, 0.2) is 28.7 Å². The van der Waals surface area contributed by atoms with Gasteiger partial charge in [0.25, 0.3) is 0 Å². The molecule has 0 spiro atoms. The highest BCUT2D eigenvalue weighted by Gasteiger charge is 2.26. The van der Waals surface area contributed by atoms with E-state index in [9.17, 15) is 4.79 Å². The fourth-order valence-electron chi connectivity index (χ4n) is 2.54. The van der Waals surface area contributed by atoms with E-state index < -0.39 is 0 Å². The minimum Gasteiger partial charge on any atom is -0.451 e. The first kappa shape index (κ1) is 10.8. The van der Waals surface area contributed by atoms with E-state index in [2.05, 4.69) is 0 Å². The third-order valence-electron chi connectivity index (χ3n) is 3.46. The second-order valence-electron chi connectivity index (χ2n) is 4.61. The number of carbonyl (C=O) groups is 1. The zero-order chi connectivity index (χ0) is 11.8. The van der Waals surface area contributed by atoms with Crippen LogP contribution in [-0.2, 0) is 0 Å². The molecule has 2 aromatic rings. The zero-order valence-electron chi connectivity index (χ0n) is 9.41. The van der Waals surface area contributed by atoms with Gasteiger partial charge in [-0.2, -0.15) is 0 Å². The van der Waals surface area contributed by atoms with Crippen LogP contribution in [-0.4, -0.2) is 5.78 Å². The molecule has 1 aliphatic carbocycles. The summed E-state index contributed by atoms with van der Waals surface area (Å²) in [7, 11) is 0. The summed E-state index contributed by atoms with van der Waals surface area (Å²) < 4.78 is 5.59. The molecule has 1 aromatic heterocycles. The highest BCUT2D eigenvalue weighted by molar-refractivity contribution is 6.34. The summed E-state index contributed by atoms with van der Waals surface area (Å²) in [6.45, 7) is 0. The highest BCUT2D eigenvalue weighted by Crippen LogP contribution is 2.32. The molecule has 0 bridgehead atoms. The zero-order valence-corrected chi connectivity index (χ0v) is 10.2. The number of halogens is 1. The number of hydrogen-bond donors (Lipinski definition) is 0. The minimum atomic E-state index is 0.134. The Labute approximate surface area is 105 Å². The summed E-state index contributed by atoms with van der Waals surface area (Å²) in [5.74, 6) is 0.740. The van der Waals surface area contributed by atoms with Crippen molar-refractivity contribution in [3.05, 3.63) is 35.0 Å². The summed E-state index contributed by atoms with van der Waals surface area (Å²) in [6, 6.07) is 7.36. The molecular weight excluding hydrogens is 236 g/mol. The SMILES string of the molecule is O=C(c1cc2cccc(Cl)c2o1)C1CCCC1. The molecule has 17 heavy (non-hydrogen) atoms. The second kappa shape index (κ2) is 4.19. The molecule has 1 fully saturated rings. The molecule has 3 heteroatoms. The number of hydrogen-bond acceptors (Lipinski definition) is 2. The predicted octanol–water partition coefficient (Wildman–Crippen LogP) is 4.46. The van der Waals surface area contributed by atoms with Crippen LogP contribution in [0.5, 0.6) is 0 Å². The third kappa shape index (κ3) is 1.87. The van der Waals surface area contributed by atoms with Gasteiger partial charge < -0.3 is 4.42 Å². The van der Waals surface area contributed by atoms with Gasteiger partial charge in [-0.3, -0.25) is 4.79 Å². The number of fused-ring (bicyclic) bond motifs is 1. The van der Waals surface area contributed by atoms with Crippen molar-refractivity contribution in [2.75, 3.05) is 0 Å². The van der Waals surface area contributed by atoms with Crippen molar-refractivity contribution in [2.24, 2.45) is 5.92 Å². The first-order valence-corrected chi connectivity index (χ1v) is 6.36. The van der Waals surface area contributed by atoms with Crippen LogP contribution < -0.4 is 0 Å². The van der Waals surface area contributed by atoms with Gasteiger partial charge in [-0.05, 0) is 25.0 Å². The summed E-state index contributed by atoms with van der Waals surface area (Å²) >= 11 is 6.03. The van der Waals surface area contributed by atoms with Crippen LogP contribution in [0.2, 0.25) is 5.02 Å². The standard InChI is InChI=1S/C14H13ClO2/c15-11-7-3-6-10-8-12(17-14(10)11)13(16)9-4-1-2-5-9/h3,6-9H,1-2,4-5H2. The summed E-state index contributed by atoms with van der Waals surface area (Å²) in [6.07, 6.45) is 4.28. The molecule has 0 amide bonds. The Morgan fingerprint density at radius 2 is 2.06 bits per heavy atom. The second-order valence-corrected chi connectivity index (χ2v) is 5.02. The van der Waals surface area contributed by atoms with Crippen molar-refractivity contribution >= 4 is 28.4 Å². The smallest absolute Gasteiger partial charge is 0.201 e. The normalized spacial score (nSPS) is 16.8. The Kier molecular flexibility index (Phi) is 2.67. The van der Waals surface area contributed by atoms with Crippen LogP contribution in [0.25, 0.3) is 11.0 Å². The molecule has 1 aliphatic rings. The molecule has 1 aromatic carbocycles. The first-order chi connectivity index (χ1) is 8.25. The van der Waals surface area contributed by atoms with Gasteiger partial charge in [0.15, 0.2) is 11.3 Å². The third-order valence-corrected chi connectivity index (χ3v) is 3.76. The first-order valence-electron chi connectivity index (χ1n) is 5.98. The van der Waals surface area contributed by atoms with Crippen molar-refractivity contribution < 1.29 is 9.21 Å². The summed E-state index contributed by atoms with van der Waals surface area (Å²) in [4.78, 5) is 12.2. The van der Waals surface area contributed by atoms with Gasteiger partial charge in [-0.25, -0.2) is 0 Å². The summed E-state index contributed by atoms with van der Waals surface area (Å²) in [5, 5.41) is 1.46. The van der Waals surface area contributed by atoms with Crippen LogP contribution in [0.3, 0.4) is 0 Å². The van der Waals surface area contributed by atoms with Gasteiger partial charge in [-0.1, -0.05) is 36.6 Å². The van der Waals surface area contributed by atoms with E-state index >= 15 is 0 Å². The van der Waals surface area contributed by atoms with Gasteiger partial charge in [0.2, 0.25) is 5.78 Å². The Bertz CT molecular complexity index is 565. The highest BCUT2D eigenvalue weighted by atomic mass is 35.5. The van der Waals surface area contributed by atoms with Crippen LogP contribution in [0, 0.1) is 5.92 Å². The lowest BCUT2D eigenvalue weighted by Crippen LogP contribution is -2.09. The van der Waals surface area contributed by atoms with E-state index in [0.29, 0.717) is 16.4 Å². The number of benzene rings is 1. The van der Waals surface area contributed by atoms with Crippen molar-refractivity contribution in [1.29, 1.82) is 0 Å². The molecule has 0 aliphatic heterocycles. The molecule has 0 saturated heterocycles. The lowest BCUT2D eigenvalue weighted by Gasteiger charge is -2.03. The summed E-state index contributed by atoms with van der Waals surface area (Å²) in [5.41, 5.74) is 0.621. The molecule has 0 radical (unpaired) electrons. The fraction of sp³-hybridized carbons (Fsp3) is 0.357.